The van der Waals surface area contributed by atoms with E-state index in [0.717, 1.165) is 12.1 Å². The van der Waals surface area contributed by atoms with E-state index in [1.54, 1.807) is 6.07 Å². The van der Waals surface area contributed by atoms with Gasteiger partial charge in [-0.1, -0.05) is 23.4 Å². The smallest absolute Gasteiger partial charge is 0.339 e. The highest BCUT2D eigenvalue weighted by atomic mass is 19.4. The molecule has 0 saturated heterocycles. The van der Waals surface area contributed by atoms with Gasteiger partial charge in [0.05, 0.1) is 12.0 Å². The van der Waals surface area contributed by atoms with Crippen molar-refractivity contribution in [2.24, 2.45) is 0 Å². The van der Waals surface area contributed by atoms with Crippen LogP contribution in [0.25, 0.3) is 0 Å². The lowest BCUT2D eigenvalue weighted by atomic mass is 10.1. The second kappa shape index (κ2) is 6.26. The Labute approximate surface area is 120 Å². The molecule has 1 aromatic carbocycles. The van der Waals surface area contributed by atoms with Crippen LogP contribution in [0.3, 0.4) is 0 Å². The molecule has 7 heteroatoms. The molecular weight excluding hydrogens is 283 g/mol. The lowest BCUT2D eigenvalue weighted by molar-refractivity contribution is -0.137. The summed E-state index contributed by atoms with van der Waals surface area (Å²) in [4.78, 5) is 4.19. The van der Waals surface area contributed by atoms with Crippen molar-refractivity contribution in [3.05, 3.63) is 47.1 Å². The third-order valence-electron chi connectivity index (χ3n) is 3.10. The molecule has 1 atom stereocenters. The van der Waals surface area contributed by atoms with Crippen molar-refractivity contribution in [3.8, 4) is 0 Å². The fraction of sp³-hybridized carbons (Fsp3) is 0.429. The van der Waals surface area contributed by atoms with E-state index in [-0.39, 0.29) is 12.5 Å². The van der Waals surface area contributed by atoms with Crippen LogP contribution in [0.4, 0.5) is 13.2 Å². The minimum Gasteiger partial charge on any atom is -0.339 e. The van der Waals surface area contributed by atoms with E-state index in [0.29, 0.717) is 23.7 Å². The maximum absolute atomic E-state index is 12.6. The van der Waals surface area contributed by atoms with Crippen molar-refractivity contribution in [2.75, 3.05) is 7.05 Å². The summed E-state index contributed by atoms with van der Waals surface area (Å²) in [6, 6.07) is 5.31. The van der Waals surface area contributed by atoms with Gasteiger partial charge in [0.15, 0.2) is 5.82 Å². The molecular formula is C14H16F3N3O. The van der Waals surface area contributed by atoms with Crippen LogP contribution < -0.4 is 5.32 Å². The van der Waals surface area contributed by atoms with Gasteiger partial charge < -0.3 is 9.84 Å². The van der Waals surface area contributed by atoms with E-state index in [2.05, 4.69) is 15.5 Å². The number of rotatable bonds is 5. The van der Waals surface area contributed by atoms with Crippen LogP contribution >= 0.6 is 0 Å². The summed E-state index contributed by atoms with van der Waals surface area (Å²) >= 11 is 0. The molecule has 21 heavy (non-hydrogen) atoms. The van der Waals surface area contributed by atoms with Crippen LogP contribution in [0.2, 0.25) is 0 Å². The van der Waals surface area contributed by atoms with E-state index in [1.165, 1.54) is 6.07 Å². The predicted molar refractivity (Wildman–Crippen MR) is 70.8 cm³/mol. The molecule has 0 aliphatic rings. The molecule has 0 amide bonds. The molecule has 2 rings (SSSR count). The van der Waals surface area contributed by atoms with Crippen LogP contribution in [-0.4, -0.2) is 23.2 Å². The third kappa shape index (κ3) is 4.29. The molecule has 0 saturated carbocycles. The number of benzene rings is 1. The minimum atomic E-state index is -4.35. The average molecular weight is 299 g/mol. The number of nitrogens with zero attached hydrogens (tertiary/aromatic N) is 2. The molecule has 114 valence electrons. The zero-order valence-corrected chi connectivity index (χ0v) is 11.7. The van der Waals surface area contributed by atoms with E-state index < -0.39 is 11.7 Å². The number of aromatic nitrogens is 2. The van der Waals surface area contributed by atoms with Gasteiger partial charge in [-0.05, 0) is 25.6 Å². The van der Waals surface area contributed by atoms with Gasteiger partial charge in [0.25, 0.3) is 0 Å². The Morgan fingerprint density at radius 1 is 1.33 bits per heavy atom. The van der Waals surface area contributed by atoms with Crippen molar-refractivity contribution >= 4 is 0 Å². The molecule has 0 aliphatic carbocycles. The summed E-state index contributed by atoms with van der Waals surface area (Å²) in [6.07, 6.45) is -3.56. The van der Waals surface area contributed by atoms with Gasteiger partial charge in [-0.25, -0.2) is 0 Å². The molecule has 4 nitrogen and oxygen atoms in total. The number of nitrogens with one attached hydrogen (secondary N) is 1. The quantitative estimate of drug-likeness (QED) is 0.922. The zero-order valence-electron chi connectivity index (χ0n) is 11.7. The number of likely N-dealkylation sites (N-methyl/N-ethyl adjacent to an activating group) is 1. The maximum Gasteiger partial charge on any atom is 0.416 e. The van der Waals surface area contributed by atoms with Crippen molar-refractivity contribution in [3.63, 3.8) is 0 Å². The first-order chi connectivity index (χ1) is 9.88. The van der Waals surface area contributed by atoms with Gasteiger partial charge in [0.1, 0.15) is 0 Å². The SMILES string of the molecule is CNC(C)Cc1noc(Cc2cccc(C(F)(F)F)c2)n1. The normalized spacial score (nSPS) is 13.4. The summed E-state index contributed by atoms with van der Waals surface area (Å²) in [7, 11) is 1.83. The minimum absolute atomic E-state index is 0.185. The Hall–Kier alpha value is -1.89. The fourth-order valence-electron chi connectivity index (χ4n) is 1.85. The molecule has 0 radical (unpaired) electrons. The first-order valence-corrected chi connectivity index (χ1v) is 6.53. The monoisotopic (exact) mass is 299 g/mol. The van der Waals surface area contributed by atoms with Gasteiger partial charge in [-0.2, -0.15) is 18.2 Å². The van der Waals surface area contributed by atoms with E-state index in [1.807, 2.05) is 14.0 Å². The molecule has 0 bridgehead atoms. The zero-order chi connectivity index (χ0) is 15.5. The van der Waals surface area contributed by atoms with E-state index in [4.69, 9.17) is 4.52 Å². The summed E-state index contributed by atoms with van der Waals surface area (Å²) in [5.74, 6) is 0.853. The fourth-order valence-corrected chi connectivity index (χ4v) is 1.85. The largest absolute Gasteiger partial charge is 0.416 e. The molecule has 1 heterocycles. The topological polar surface area (TPSA) is 51.0 Å². The molecule has 0 fully saturated rings. The van der Waals surface area contributed by atoms with Gasteiger partial charge >= 0.3 is 6.18 Å². The lowest BCUT2D eigenvalue weighted by Gasteiger charge is -2.07. The Bertz CT molecular complexity index is 595. The summed E-state index contributed by atoms with van der Waals surface area (Å²) < 4.78 is 43.0. The Kier molecular flexibility index (Phi) is 4.62. The number of hydrogen-bond acceptors (Lipinski definition) is 4. The van der Waals surface area contributed by atoms with E-state index >= 15 is 0 Å². The molecule has 2 aromatic rings. The molecule has 0 aliphatic heterocycles. The predicted octanol–water partition coefficient (Wildman–Crippen LogP) is 2.83. The molecule has 0 spiro atoms. The summed E-state index contributed by atoms with van der Waals surface area (Å²) in [6.45, 7) is 1.98. The first kappa shape index (κ1) is 15.5. The summed E-state index contributed by atoms with van der Waals surface area (Å²) in [5, 5.41) is 6.87. The third-order valence-corrected chi connectivity index (χ3v) is 3.10. The van der Waals surface area contributed by atoms with Crippen LogP contribution in [0, 0.1) is 0 Å². The van der Waals surface area contributed by atoms with Crippen LogP contribution in [-0.2, 0) is 19.0 Å². The molecule has 1 aromatic heterocycles. The van der Waals surface area contributed by atoms with Gasteiger partial charge in [-0.3, -0.25) is 0 Å². The van der Waals surface area contributed by atoms with Crippen molar-refractivity contribution in [1.29, 1.82) is 0 Å². The highest BCUT2D eigenvalue weighted by molar-refractivity contribution is 5.27. The standard InChI is InChI=1S/C14H16F3N3O/c1-9(18-2)6-12-19-13(21-20-12)8-10-4-3-5-11(7-10)14(15,16)17/h3-5,7,9,18H,6,8H2,1-2H3. The average Bonchev–Trinajstić information content (AvgIpc) is 2.85. The number of hydrogen-bond donors (Lipinski definition) is 1. The number of alkyl halides is 3. The van der Waals surface area contributed by atoms with Crippen molar-refractivity contribution < 1.29 is 17.7 Å². The second-order valence-corrected chi connectivity index (χ2v) is 4.87. The van der Waals surface area contributed by atoms with Crippen molar-refractivity contribution in [1.82, 2.24) is 15.5 Å². The second-order valence-electron chi connectivity index (χ2n) is 4.87. The Morgan fingerprint density at radius 2 is 2.10 bits per heavy atom. The Morgan fingerprint density at radius 3 is 2.76 bits per heavy atom. The highest BCUT2D eigenvalue weighted by Gasteiger charge is 2.30. The van der Waals surface area contributed by atoms with Gasteiger partial charge in [0.2, 0.25) is 5.89 Å². The Balaban J connectivity index is 2.08. The summed E-state index contributed by atoms with van der Waals surface area (Å²) in [5.41, 5.74) is -0.190. The van der Waals surface area contributed by atoms with E-state index in [9.17, 15) is 13.2 Å². The van der Waals surface area contributed by atoms with Crippen LogP contribution in [0.1, 0.15) is 29.8 Å². The highest BCUT2D eigenvalue weighted by Crippen LogP contribution is 2.29. The maximum atomic E-state index is 12.6. The van der Waals surface area contributed by atoms with Crippen molar-refractivity contribution in [2.45, 2.75) is 32.0 Å². The van der Waals surface area contributed by atoms with Gasteiger partial charge in [-0.15, -0.1) is 0 Å². The lowest BCUT2D eigenvalue weighted by Crippen LogP contribution is -2.24. The van der Waals surface area contributed by atoms with Crippen LogP contribution in [0.15, 0.2) is 28.8 Å². The molecule has 1 unspecified atom stereocenters. The number of halogens is 3. The molecule has 1 N–H and O–H groups in total. The first-order valence-electron chi connectivity index (χ1n) is 6.53. The van der Waals surface area contributed by atoms with Crippen LogP contribution in [0.5, 0.6) is 0 Å². The van der Waals surface area contributed by atoms with Gasteiger partial charge in [0, 0.05) is 12.5 Å².